The summed E-state index contributed by atoms with van der Waals surface area (Å²) < 4.78 is 40.1. The van der Waals surface area contributed by atoms with Gasteiger partial charge in [-0.2, -0.15) is 0 Å². The summed E-state index contributed by atoms with van der Waals surface area (Å²) in [6.45, 7) is 1.82. The first kappa shape index (κ1) is 25.5. The number of aliphatic hydroxyl groups excluding tert-OH is 1. The second kappa shape index (κ2) is 11.3. The normalized spacial score (nSPS) is 17.7. The van der Waals surface area contributed by atoms with Crippen molar-refractivity contribution < 1.29 is 23.1 Å². The molecule has 1 aromatic carbocycles. The maximum absolute atomic E-state index is 14.3. The van der Waals surface area contributed by atoms with Crippen LogP contribution in [-0.4, -0.2) is 58.9 Å². The van der Waals surface area contributed by atoms with Crippen LogP contribution in [0.4, 0.5) is 18.2 Å². The van der Waals surface area contributed by atoms with Gasteiger partial charge in [0.2, 0.25) is 0 Å². The summed E-state index contributed by atoms with van der Waals surface area (Å²) in [5.74, 6) is -1.15. The number of carbonyl (C=O) groups excluding carboxylic acids is 1. The summed E-state index contributed by atoms with van der Waals surface area (Å²) in [6, 6.07) is 4.52. The van der Waals surface area contributed by atoms with E-state index < -0.39 is 30.8 Å². The van der Waals surface area contributed by atoms with Crippen LogP contribution in [0.1, 0.15) is 35.3 Å². The van der Waals surface area contributed by atoms with Crippen molar-refractivity contribution in [2.75, 3.05) is 25.4 Å². The number of carbonyl (C=O) groups is 1. The molecule has 6 N–H and O–H groups in total. The van der Waals surface area contributed by atoms with Crippen LogP contribution in [0, 0.1) is 12.7 Å². The smallest absolute Gasteiger partial charge is 0.277 e. The lowest BCUT2D eigenvalue weighted by Gasteiger charge is -2.26. The monoisotopic (exact) mass is 496 g/mol. The van der Waals surface area contributed by atoms with E-state index in [1.807, 2.05) is 0 Å². The highest BCUT2D eigenvalue weighted by atomic mass is 32.1. The number of nitrogens with one attached hydrogen (secondary N) is 1. The van der Waals surface area contributed by atoms with Crippen molar-refractivity contribution in [3.63, 3.8) is 0 Å². The Morgan fingerprint density at radius 3 is 2.88 bits per heavy atom. The van der Waals surface area contributed by atoms with Crippen LogP contribution in [0.5, 0.6) is 0 Å². The Hall–Kier alpha value is -3.12. The summed E-state index contributed by atoms with van der Waals surface area (Å²) in [5, 5.41) is 12.8. The Morgan fingerprint density at radius 1 is 1.41 bits per heavy atom. The average molecular weight is 497 g/mol. The van der Waals surface area contributed by atoms with E-state index in [9.17, 15) is 23.1 Å². The van der Waals surface area contributed by atoms with Gasteiger partial charge in [-0.3, -0.25) is 9.79 Å². The number of aliphatic imine (C=N–C) groups is 1. The van der Waals surface area contributed by atoms with Gasteiger partial charge in [-0.15, -0.1) is 0 Å². The van der Waals surface area contributed by atoms with Crippen LogP contribution < -0.4 is 16.8 Å². The second-order valence-electron chi connectivity index (χ2n) is 7.88. The highest BCUT2D eigenvalue weighted by molar-refractivity contribution is 7.19. The topological polar surface area (TPSA) is 130 Å². The fourth-order valence-corrected chi connectivity index (χ4v) is 4.41. The number of nitrogens with zero attached hydrogens (tertiary/aromatic N) is 3. The van der Waals surface area contributed by atoms with E-state index in [2.05, 4.69) is 15.3 Å². The van der Waals surface area contributed by atoms with E-state index in [0.717, 1.165) is 23.1 Å². The van der Waals surface area contributed by atoms with E-state index in [-0.39, 0.29) is 32.8 Å². The minimum absolute atomic E-state index is 0.0118. The van der Waals surface area contributed by atoms with Gasteiger partial charge in [-0.05, 0) is 38.3 Å². The Labute approximate surface area is 199 Å². The molecule has 1 amide bonds. The van der Waals surface area contributed by atoms with Gasteiger partial charge in [0.15, 0.2) is 5.69 Å². The number of amides is 1. The zero-order valence-electron chi connectivity index (χ0n) is 18.6. The molecule has 12 heteroatoms. The van der Waals surface area contributed by atoms with E-state index in [1.54, 1.807) is 24.0 Å². The molecule has 1 aliphatic rings. The summed E-state index contributed by atoms with van der Waals surface area (Å²) in [4.78, 5) is 22.9. The third-order valence-electron chi connectivity index (χ3n) is 5.25. The number of rotatable bonds is 6. The maximum Gasteiger partial charge on any atom is 0.277 e. The van der Waals surface area contributed by atoms with Crippen molar-refractivity contribution >= 4 is 28.1 Å². The van der Waals surface area contributed by atoms with Crippen molar-refractivity contribution in [1.82, 2.24) is 15.2 Å². The minimum Gasteiger partial charge on any atom is -0.403 e. The molecule has 2 heterocycles. The number of hydrogen-bond donors (Lipinski definition) is 4. The lowest BCUT2D eigenvalue weighted by Crippen LogP contribution is -2.40. The number of nitrogens with two attached hydrogens (primary N) is 2. The van der Waals surface area contributed by atoms with Crippen LogP contribution in [0.25, 0.3) is 10.6 Å². The fraction of sp³-hybridized carbons (Fsp3) is 0.409. The van der Waals surface area contributed by atoms with Gasteiger partial charge in [0.05, 0.1) is 11.8 Å². The van der Waals surface area contributed by atoms with Gasteiger partial charge in [-0.1, -0.05) is 23.0 Å². The molecule has 34 heavy (non-hydrogen) atoms. The lowest BCUT2D eigenvalue weighted by atomic mass is 10.1. The highest BCUT2D eigenvalue weighted by Gasteiger charge is 2.25. The van der Waals surface area contributed by atoms with E-state index in [4.69, 9.17) is 11.5 Å². The predicted molar refractivity (Wildman–Crippen MR) is 126 cm³/mol. The minimum atomic E-state index is -2.69. The molecule has 1 aliphatic heterocycles. The van der Waals surface area contributed by atoms with Crippen LogP contribution in [-0.2, 0) is 0 Å². The molecule has 1 saturated heterocycles. The molecule has 184 valence electrons. The van der Waals surface area contributed by atoms with E-state index in [0.29, 0.717) is 32.4 Å². The largest absolute Gasteiger partial charge is 0.403 e. The Bertz CT molecular complexity index is 1090. The zero-order chi connectivity index (χ0) is 24.8. The van der Waals surface area contributed by atoms with Crippen LogP contribution >= 0.6 is 11.3 Å². The fourth-order valence-electron chi connectivity index (χ4n) is 3.57. The van der Waals surface area contributed by atoms with Gasteiger partial charge in [-0.25, -0.2) is 18.2 Å². The molecule has 0 spiro atoms. The first-order valence-corrected chi connectivity index (χ1v) is 11.5. The highest BCUT2D eigenvalue weighted by Crippen LogP contribution is 2.32. The van der Waals surface area contributed by atoms with Crippen molar-refractivity contribution in [3.05, 3.63) is 47.2 Å². The number of hydrogen-bond acceptors (Lipinski definition) is 7. The molecule has 8 nitrogen and oxygen atoms in total. The van der Waals surface area contributed by atoms with E-state index >= 15 is 0 Å². The number of aryl methyl sites for hydroxylation is 1. The van der Waals surface area contributed by atoms with Gasteiger partial charge in [0, 0.05) is 24.9 Å². The molecule has 1 aromatic heterocycles. The second-order valence-corrected chi connectivity index (χ2v) is 8.91. The lowest BCUT2D eigenvalue weighted by molar-refractivity contribution is 0.0963. The summed E-state index contributed by atoms with van der Waals surface area (Å²) in [6.07, 6.45) is -0.525. The van der Waals surface area contributed by atoms with Crippen molar-refractivity contribution in [1.29, 1.82) is 0 Å². The third-order valence-corrected chi connectivity index (χ3v) is 6.17. The van der Waals surface area contributed by atoms with Crippen molar-refractivity contribution in [2.24, 2.45) is 10.7 Å². The molecule has 0 saturated carbocycles. The zero-order valence-corrected chi connectivity index (χ0v) is 19.4. The van der Waals surface area contributed by atoms with Crippen molar-refractivity contribution in [3.8, 4) is 10.6 Å². The molecular formula is C22H27F3N6O2S. The maximum atomic E-state index is 14.3. The number of likely N-dealkylation sites (tertiary alicyclic amines) is 1. The average Bonchev–Trinajstić information content (AvgIpc) is 3.05. The Balaban J connectivity index is 1.86. The quantitative estimate of drug-likeness (QED) is 0.360. The molecule has 3 rings (SSSR count). The number of aliphatic hydroxyl groups is 1. The molecule has 0 bridgehead atoms. The first-order valence-electron chi connectivity index (χ1n) is 10.7. The van der Waals surface area contributed by atoms with Crippen LogP contribution in [0.15, 0.2) is 35.1 Å². The predicted octanol–water partition coefficient (Wildman–Crippen LogP) is 2.88. The Kier molecular flexibility index (Phi) is 8.51. The molecule has 2 aromatic rings. The summed E-state index contributed by atoms with van der Waals surface area (Å²) >= 11 is 0.954. The van der Waals surface area contributed by atoms with Gasteiger partial charge in [0.25, 0.3) is 12.3 Å². The SMILES string of the molecule is Cc1ccc(F)c(-c2nc(C(=O)NC(=CN)C(=NCC(F)F)N3CCC[C@H](O)CC3)c(N)s2)c1. The standard InChI is InChI=1S/C22H27F3N6O2S/c1-12-4-5-15(23)14(9-12)22-30-18(19(27)34-22)21(33)29-16(10-26)20(28-11-17(24)25)31-7-2-3-13(32)6-8-31/h4-5,9-10,13,17,32H,2-3,6-8,11,26-27H2,1H3,(H,29,33)/t13-/m0/s1. The van der Waals surface area contributed by atoms with Crippen molar-refractivity contribution in [2.45, 2.75) is 38.7 Å². The van der Waals surface area contributed by atoms with Crippen LogP contribution in [0.3, 0.4) is 0 Å². The van der Waals surface area contributed by atoms with Crippen LogP contribution in [0.2, 0.25) is 0 Å². The number of nitrogen functional groups attached to an aromatic ring is 1. The summed E-state index contributed by atoms with van der Waals surface area (Å²) in [5.41, 5.74) is 12.6. The number of halogens is 3. The molecule has 1 fully saturated rings. The molecular weight excluding hydrogens is 469 g/mol. The number of benzene rings is 1. The number of aromatic nitrogens is 1. The Morgan fingerprint density at radius 2 is 2.18 bits per heavy atom. The van der Waals surface area contributed by atoms with Gasteiger partial charge < -0.3 is 26.8 Å². The molecule has 0 radical (unpaired) electrons. The molecule has 0 aliphatic carbocycles. The van der Waals surface area contributed by atoms with E-state index in [1.165, 1.54) is 6.07 Å². The number of thiazole rings is 1. The summed E-state index contributed by atoms with van der Waals surface area (Å²) in [7, 11) is 0. The van der Waals surface area contributed by atoms with Gasteiger partial charge >= 0.3 is 0 Å². The third kappa shape index (κ3) is 6.26. The number of amidine groups is 1. The molecule has 1 atom stereocenters. The van der Waals surface area contributed by atoms with Gasteiger partial charge in [0.1, 0.15) is 28.2 Å². The number of alkyl halides is 2. The molecule has 0 unspecified atom stereocenters. The first-order chi connectivity index (χ1) is 16.2. The number of anilines is 1.